The van der Waals surface area contributed by atoms with Gasteiger partial charge in [0.2, 0.25) is 13.4 Å². The van der Waals surface area contributed by atoms with Gasteiger partial charge >= 0.3 is 0 Å². The molecule has 0 bridgehead atoms. The first-order chi connectivity index (χ1) is 26.9. The van der Waals surface area contributed by atoms with Gasteiger partial charge in [0.15, 0.2) is 0 Å². The van der Waals surface area contributed by atoms with Crippen LogP contribution < -0.4 is 32.8 Å². The SMILES string of the molecule is c1ccc2c(c1)B1c3cc4c(cc3-n3c5ccccc5c5c6ccccc6c-2c1c53)-n1c2ccccc2c2c3ccccc3c3c(c21)B4c1ccccc1-3. The minimum Gasteiger partial charge on any atom is -0.310 e. The molecule has 0 fully saturated rings. The number of aromatic nitrogens is 2. The highest BCUT2D eigenvalue weighted by Gasteiger charge is 2.47. The van der Waals surface area contributed by atoms with E-state index in [1.807, 2.05) is 0 Å². The van der Waals surface area contributed by atoms with Crippen LogP contribution in [0, 0.1) is 0 Å². The maximum atomic E-state index is 2.65. The maximum Gasteiger partial charge on any atom is 0.248 e. The minimum absolute atomic E-state index is 0.149. The largest absolute Gasteiger partial charge is 0.310 e. The number of para-hydroxylation sites is 2. The molecule has 0 radical (unpaired) electrons. The van der Waals surface area contributed by atoms with Crippen molar-refractivity contribution in [2.45, 2.75) is 0 Å². The van der Waals surface area contributed by atoms with E-state index < -0.39 is 0 Å². The Morgan fingerprint density at radius 2 is 0.722 bits per heavy atom. The van der Waals surface area contributed by atoms with Crippen LogP contribution in [0.2, 0.25) is 0 Å². The molecule has 0 saturated carbocycles. The number of nitrogens with zero attached hydrogens (tertiary/aromatic N) is 2. The van der Waals surface area contributed by atoms with Gasteiger partial charge in [0.25, 0.3) is 0 Å². The molecule has 0 unspecified atom stereocenters. The van der Waals surface area contributed by atoms with Crippen molar-refractivity contribution in [3.63, 3.8) is 0 Å². The van der Waals surface area contributed by atoms with Crippen molar-refractivity contribution in [2.24, 2.45) is 0 Å². The van der Waals surface area contributed by atoms with Gasteiger partial charge in [-0.1, -0.05) is 150 Å². The fourth-order valence-corrected chi connectivity index (χ4v) is 11.9. The van der Waals surface area contributed by atoms with Crippen molar-refractivity contribution in [3.05, 3.63) is 158 Å². The van der Waals surface area contributed by atoms with Gasteiger partial charge in [-0.25, -0.2) is 0 Å². The number of rotatable bonds is 0. The van der Waals surface area contributed by atoms with Gasteiger partial charge in [0, 0.05) is 32.9 Å². The van der Waals surface area contributed by atoms with E-state index in [2.05, 4.69) is 167 Å². The Balaban J connectivity index is 1.19. The van der Waals surface area contributed by atoms with Gasteiger partial charge in [0.05, 0.1) is 22.1 Å². The van der Waals surface area contributed by atoms with E-state index in [1.54, 1.807) is 0 Å². The smallest absolute Gasteiger partial charge is 0.248 e. The summed E-state index contributed by atoms with van der Waals surface area (Å²) >= 11 is 0. The lowest BCUT2D eigenvalue weighted by atomic mass is 9.34. The molecule has 15 rings (SSSR count). The standard InChI is InChI=1S/C50H26B2N2/c1-3-15-29-27(13-1)43-31-17-5-9-21-35(31)51-37-25-38-42(26-41(37)53-39-23-11-7-19-33(39)45(29)49(53)47(43)51)54-40-24-12-8-20-34(40)46-30-16-4-2-14-28(30)44-32-18-6-10-22-36(32)52(38)48(44)50(46)54/h1-26H. The molecule has 0 atom stereocenters. The van der Waals surface area contributed by atoms with Crippen LogP contribution in [-0.4, -0.2) is 22.6 Å². The summed E-state index contributed by atoms with van der Waals surface area (Å²) in [4.78, 5) is 0. The van der Waals surface area contributed by atoms with Crippen LogP contribution in [0.4, 0.5) is 0 Å². The summed E-state index contributed by atoms with van der Waals surface area (Å²) in [6.07, 6.45) is 0. The molecule has 0 amide bonds. The second-order valence-corrected chi connectivity index (χ2v) is 15.8. The fourth-order valence-electron chi connectivity index (χ4n) is 11.9. The predicted molar refractivity (Wildman–Crippen MR) is 230 cm³/mol. The van der Waals surface area contributed by atoms with Gasteiger partial charge in [-0.3, -0.25) is 0 Å². The summed E-state index contributed by atoms with van der Waals surface area (Å²) in [6.45, 7) is 0.298. The van der Waals surface area contributed by atoms with Gasteiger partial charge in [-0.15, -0.1) is 0 Å². The van der Waals surface area contributed by atoms with E-state index >= 15 is 0 Å². The first kappa shape index (κ1) is 26.9. The van der Waals surface area contributed by atoms with Crippen LogP contribution in [0.1, 0.15) is 0 Å². The third-order valence-corrected chi connectivity index (χ3v) is 13.7. The van der Waals surface area contributed by atoms with Gasteiger partial charge < -0.3 is 9.13 Å². The zero-order chi connectivity index (χ0) is 34.6. The van der Waals surface area contributed by atoms with Crippen molar-refractivity contribution in [1.82, 2.24) is 9.13 Å². The first-order valence-corrected chi connectivity index (χ1v) is 19.2. The van der Waals surface area contributed by atoms with Crippen molar-refractivity contribution in [3.8, 4) is 33.6 Å². The molecule has 4 heteroatoms. The quantitative estimate of drug-likeness (QED) is 0.145. The third-order valence-electron chi connectivity index (χ3n) is 13.7. The normalized spacial score (nSPS) is 13.9. The van der Waals surface area contributed by atoms with Gasteiger partial charge in [0.1, 0.15) is 0 Å². The van der Waals surface area contributed by atoms with Crippen molar-refractivity contribution >= 4 is 111 Å². The van der Waals surface area contributed by atoms with Gasteiger partial charge in [-0.2, -0.15) is 0 Å². The summed E-state index contributed by atoms with van der Waals surface area (Å²) in [6, 6.07) is 60.2. The van der Waals surface area contributed by atoms with Crippen LogP contribution in [0.15, 0.2) is 158 Å². The van der Waals surface area contributed by atoms with E-state index in [4.69, 9.17) is 0 Å². The van der Waals surface area contributed by atoms with Crippen LogP contribution in [0.3, 0.4) is 0 Å². The maximum absolute atomic E-state index is 2.65. The lowest BCUT2D eigenvalue weighted by Gasteiger charge is -2.31. The molecule has 0 N–H and O–H groups in total. The summed E-state index contributed by atoms with van der Waals surface area (Å²) in [5.74, 6) is 0. The lowest BCUT2D eigenvalue weighted by Crippen LogP contribution is -2.58. The summed E-state index contributed by atoms with van der Waals surface area (Å²) < 4.78 is 5.28. The molecule has 6 heterocycles. The molecule has 0 spiro atoms. The third kappa shape index (κ3) is 2.75. The molecule has 2 nitrogen and oxygen atoms in total. The Hall–Kier alpha value is -6.77. The molecule has 2 aromatic heterocycles. The van der Waals surface area contributed by atoms with Crippen LogP contribution in [0.25, 0.3) is 98.8 Å². The van der Waals surface area contributed by atoms with Gasteiger partial charge in [-0.05, 0) is 83.8 Å². The van der Waals surface area contributed by atoms with Crippen LogP contribution in [-0.2, 0) is 0 Å². The average Bonchev–Trinajstić information content (AvgIpc) is 3.97. The topological polar surface area (TPSA) is 9.86 Å². The Kier molecular flexibility index (Phi) is 4.42. The highest BCUT2D eigenvalue weighted by molar-refractivity contribution is 7.04. The number of hydrogen-bond donors (Lipinski definition) is 0. The first-order valence-electron chi connectivity index (χ1n) is 19.2. The summed E-state index contributed by atoms with van der Waals surface area (Å²) in [7, 11) is 0. The molecule has 11 aromatic rings. The second-order valence-electron chi connectivity index (χ2n) is 15.8. The van der Waals surface area contributed by atoms with Crippen LogP contribution >= 0.6 is 0 Å². The van der Waals surface area contributed by atoms with E-state index in [0.717, 1.165) is 0 Å². The molecule has 242 valence electrons. The minimum atomic E-state index is 0.149. The lowest BCUT2D eigenvalue weighted by molar-refractivity contribution is 1.15. The van der Waals surface area contributed by atoms with E-state index in [-0.39, 0.29) is 13.4 Å². The molecule has 0 saturated heterocycles. The number of hydrogen-bond acceptors (Lipinski definition) is 0. The Bertz CT molecular complexity index is 3400. The number of benzene rings is 9. The zero-order valence-electron chi connectivity index (χ0n) is 29.1. The summed E-state index contributed by atoms with van der Waals surface area (Å²) in [5.41, 5.74) is 22.1. The Morgan fingerprint density at radius 3 is 1.20 bits per heavy atom. The van der Waals surface area contributed by atoms with Crippen molar-refractivity contribution < 1.29 is 0 Å². The molecule has 4 aliphatic rings. The highest BCUT2D eigenvalue weighted by Crippen LogP contribution is 2.46. The highest BCUT2D eigenvalue weighted by atomic mass is 15.0. The van der Waals surface area contributed by atoms with E-state index in [9.17, 15) is 0 Å². The fraction of sp³-hybridized carbons (Fsp3) is 0. The Labute approximate surface area is 310 Å². The Morgan fingerprint density at radius 1 is 0.333 bits per heavy atom. The van der Waals surface area contributed by atoms with Crippen molar-refractivity contribution in [2.75, 3.05) is 0 Å². The molecule has 9 aromatic carbocycles. The average molecular weight is 676 g/mol. The molecular formula is C50H26B2N2. The monoisotopic (exact) mass is 676 g/mol. The molecule has 0 aliphatic carbocycles. The molecule has 4 aliphatic heterocycles. The predicted octanol–water partition coefficient (Wildman–Crippen LogP) is 7.81. The van der Waals surface area contributed by atoms with E-state index in [1.165, 1.54) is 132 Å². The number of fused-ring (bicyclic) bond motifs is 24. The zero-order valence-corrected chi connectivity index (χ0v) is 29.1. The molecular weight excluding hydrogens is 650 g/mol. The van der Waals surface area contributed by atoms with Crippen molar-refractivity contribution in [1.29, 1.82) is 0 Å². The molecule has 54 heavy (non-hydrogen) atoms. The van der Waals surface area contributed by atoms with Crippen LogP contribution in [0.5, 0.6) is 0 Å². The summed E-state index contributed by atoms with van der Waals surface area (Å²) in [5, 5.41) is 10.8. The second kappa shape index (κ2) is 8.87. The van der Waals surface area contributed by atoms with E-state index in [0.29, 0.717) is 0 Å².